The minimum atomic E-state index is 0.0360. The molecule has 1 fully saturated rings. The van der Waals surface area contributed by atoms with E-state index in [1.807, 2.05) is 38.4 Å². The number of aryl methyl sites for hydroxylation is 1. The van der Waals surface area contributed by atoms with Crippen LogP contribution in [-0.2, 0) is 4.79 Å². The van der Waals surface area contributed by atoms with Crippen LogP contribution in [-0.4, -0.2) is 37.5 Å². The van der Waals surface area contributed by atoms with Crippen molar-refractivity contribution in [2.75, 3.05) is 17.7 Å². The van der Waals surface area contributed by atoms with E-state index in [0.717, 1.165) is 46.8 Å². The molecule has 0 atom stereocenters. The molecule has 0 aromatic carbocycles. The smallest absolute Gasteiger partial charge is 0.228 e. The summed E-state index contributed by atoms with van der Waals surface area (Å²) in [6.07, 6.45) is 8.44. The number of carbonyl (C=O) groups is 1. The van der Waals surface area contributed by atoms with Crippen molar-refractivity contribution in [2.45, 2.75) is 26.2 Å². The molecule has 1 aliphatic carbocycles. The molecule has 5 rings (SSSR count). The number of carbonyl (C=O) groups excluding carboxylic acids is 1. The number of anilines is 2. The van der Waals surface area contributed by atoms with Crippen LogP contribution in [0.2, 0.25) is 0 Å². The summed E-state index contributed by atoms with van der Waals surface area (Å²) in [4.78, 5) is 25.9. The molecule has 4 aromatic heterocycles. The molecule has 29 heavy (non-hydrogen) atoms. The zero-order chi connectivity index (χ0) is 20.0. The molecule has 2 N–H and O–H groups in total. The van der Waals surface area contributed by atoms with Crippen LogP contribution in [0.4, 0.5) is 11.6 Å². The van der Waals surface area contributed by atoms with Crippen LogP contribution < -0.4 is 10.6 Å². The van der Waals surface area contributed by atoms with E-state index in [0.29, 0.717) is 17.5 Å². The van der Waals surface area contributed by atoms with Gasteiger partial charge in [-0.3, -0.25) is 4.79 Å². The van der Waals surface area contributed by atoms with Gasteiger partial charge in [0.05, 0.1) is 0 Å². The second kappa shape index (κ2) is 6.80. The Morgan fingerprint density at radius 2 is 2.03 bits per heavy atom. The fraction of sp³-hybridized carbons (Fsp3) is 0.286. The number of hydrogen-bond donors (Lipinski definition) is 2. The molecule has 4 heterocycles. The largest absolute Gasteiger partial charge is 0.373 e. The predicted octanol–water partition coefficient (Wildman–Crippen LogP) is 3.43. The Hall–Kier alpha value is -3.55. The molecule has 0 radical (unpaired) electrons. The minimum Gasteiger partial charge on any atom is -0.373 e. The first-order chi connectivity index (χ1) is 14.1. The van der Waals surface area contributed by atoms with E-state index in [1.165, 1.54) is 0 Å². The highest BCUT2D eigenvalue weighted by atomic mass is 16.2. The van der Waals surface area contributed by atoms with E-state index < -0.39 is 0 Å². The quantitative estimate of drug-likeness (QED) is 0.557. The van der Waals surface area contributed by atoms with Crippen LogP contribution in [0.1, 0.15) is 24.8 Å². The Labute approximate surface area is 167 Å². The second-order valence-electron chi connectivity index (χ2n) is 7.45. The number of nitrogens with one attached hydrogen (secondary N) is 2. The van der Waals surface area contributed by atoms with Crippen LogP contribution >= 0.6 is 0 Å². The van der Waals surface area contributed by atoms with Crippen molar-refractivity contribution in [1.29, 1.82) is 0 Å². The van der Waals surface area contributed by atoms with Gasteiger partial charge in [0.25, 0.3) is 0 Å². The van der Waals surface area contributed by atoms with Crippen molar-refractivity contribution in [2.24, 2.45) is 5.92 Å². The van der Waals surface area contributed by atoms with Crippen molar-refractivity contribution >= 4 is 34.0 Å². The van der Waals surface area contributed by atoms with E-state index in [4.69, 9.17) is 0 Å². The lowest BCUT2D eigenvalue weighted by Crippen LogP contribution is -2.28. The Bertz CT molecular complexity index is 1240. The molecule has 0 unspecified atom stereocenters. The summed E-state index contributed by atoms with van der Waals surface area (Å²) >= 11 is 0. The van der Waals surface area contributed by atoms with Gasteiger partial charge in [-0.05, 0) is 37.5 Å². The van der Waals surface area contributed by atoms with Crippen molar-refractivity contribution < 1.29 is 4.79 Å². The van der Waals surface area contributed by atoms with Gasteiger partial charge in [0.1, 0.15) is 11.6 Å². The number of rotatable bonds is 4. The van der Waals surface area contributed by atoms with E-state index in [9.17, 15) is 4.79 Å². The van der Waals surface area contributed by atoms with Gasteiger partial charge in [0.15, 0.2) is 11.5 Å². The van der Waals surface area contributed by atoms with E-state index in [-0.39, 0.29) is 11.8 Å². The highest BCUT2D eigenvalue weighted by Gasteiger charge is 2.25. The summed E-state index contributed by atoms with van der Waals surface area (Å²) in [6.45, 7) is 2.02. The van der Waals surface area contributed by atoms with Gasteiger partial charge in [-0.2, -0.15) is 0 Å². The van der Waals surface area contributed by atoms with Crippen molar-refractivity contribution in [1.82, 2.24) is 24.6 Å². The van der Waals surface area contributed by atoms with Gasteiger partial charge in [0.2, 0.25) is 5.91 Å². The van der Waals surface area contributed by atoms with Gasteiger partial charge < -0.3 is 10.6 Å². The fourth-order valence-electron chi connectivity index (χ4n) is 3.58. The standard InChI is InChI=1S/C21H21N7O/c1-12-6-7-18-26-20(27-28(18)11-12)16-10-24-19(22-2)15-9-23-17(8-14(15)16)25-21(29)13-4-3-5-13/h6-11,13H,3-5H2,1-2H3,(H,22,24)(H,23,25,29). The van der Waals surface area contributed by atoms with E-state index >= 15 is 0 Å². The predicted molar refractivity (Wildman–Crippen MR) is 112 cm³/mol. The lowest BCUT2D eigenvalue weighted by atomic mass is 9.85. The molecule has 0 saturated heterocycles. The zero-order valence-corrected chi connectivity index (χ0v) is 16.3. The molecule has 1 aliphatic rings. The Kier molecular flexibility index (Phi) is 4.12. The van der Waals surface area contributed by atoms with Crippen LogP contribution in [0.3, 0.4) is 0 Å². The number of pyridine rings is 3. The SMILES string of the molecule is CNc1ncc(-c2nc3ccc(C)cn3n2)c2cc(NC(=O)C3CCC3)ncc12. The van der Waals surface area contributed by atoms with Gasteiger partial charge >= 0.3 is 0 Å². The van der Waals surface area contributed by atoms with Crippen LogP contribution in [0.5, 0.6) is 0 Å². The maximum absolute atomic E-state index is 12.4. The highest BCUT2D eigenvalue weighted by molar-refractivity contribution is 6.03. The number of aromatic nitrogens is 5. The molecule has 1 saturated carbocycles. The first-order valence-corrected chi connectivity index (χ1v) is 9.73. The summed E-state index contributed by atoms with van der Waals surface area (Å²) in [5.74, 6) is 1.96. The molecular formula is C21H21N7O. The molecular weight excluding hydrogens is 366 g/mol. The first-order valence-electron chi connectivity index (χ1n) is 9.73. The number of amides is 1. The third-order valence-electron chi connectivity index (χ3n) is 5.46. The van der Waals surface area contributed by atoms with Crippen LogP contribution in [0.25, 0.3) is 27.8 Å². The molecule has 8 heteroatoms. The Morgan fingerprint density at radius 3 is 2.79 bits per heavy atom. The molecule has 8 nitrogen and oxygen atoms in total. The topological polar surface area (TPSA) is 97.1 Å². The molecule has 4 aromatic rings. The molecule has 0 aliphatic heterocycles. The Morgan fingerprint density at radius 1 is 1.17 bits per heavy atom. The summed E-state index contributed by atoms with van der Waals surface area (Å²) in [5.41, 5.74) is 2.67. The normalized spacial score (nSPS) is 14.1. The van der Waals surface area contributed by atoms with E-state index in [1.54, 1.807) is 16.9 Å². The van der Waals surface area contributed by atoms with E-state index in [2.05, 4.69) is 30.7 Å². The van der Waals surface area contributed by atoms with Gasteiger partial charge in [-0.25, -0.2) is 19.5 Å². The lowest BCUT2D eigenvalue weighted by Gasteiger charge is -2.23. The summed E-state index contributed by atoms with van der Waals surface area (Å²) in [6, 6.07) is 5.82. The molecule has 0 bridgehead atoms. The summed E-state index contributed by atoms with van der Waals surface area (Å²) < 4.78 is 1.77. The number of fused-ring (bicyclic) bond motifs is 2. The molecule has 0 spiro atoms. The maximum Gasteiger partial charge on any atom is 0.228 e. The fourth-order valence-corrected chi connectivity index (χ4v) is 3.58. The van der Waals surface area contributed by atoms with Gasteiger partial charge in [-0.1, -0.05) is 12.5 Å². The molecule has 1 amide bonds. The van der Waals surface area contributed by atoms with Gasteiger partial charge in [-0.15, -0.1) is 5.10 Å². The highest BCUT2D eigenvalue weighted by Crippen LogP contribution is 2.32. The summed E-state index contributed by atoms with van der Waals surface area (Å²) in [7, 11) is 1.82. The summed E-state index contributed by atoms with van der Waals surface area (Å²) in [5, 5.41) is 12.4. The average Bonchev–Trinajstić information content (AvgIpc) is 3.08. The third kappa shape index (κ3) is 3.06. The van der Waals surface area contributed by atoms with Crippen molar-refractivity contribution in [3.8, 4) is 11.4 Å². The monoisotopic (exact) mass is 387 g/mol. The van der Waals surface area contributed by atoms with Crippen molar-refractivity contribution in [3.63, 3.8) is 0 Å². The van der Waals surface area contributed by atoms with Crippen LogP contribution in [0, 0.1) is 12.8 Å². The number of hydrogen-bond acceptors (Lipinski definition) is 6. The molecule has 146 valence electrons. The second-order valence-corrected chi connectivity index (χ2v) is 7.45. The van der Waals surface area contributed by atoms with Gasteiger partial charge in [0, 0.05) is 47.9 Å². The number of nitrogens with zero attached hydrogens (tertiary/aromatic N) is 5. The Balaban J connectivity index is 1.62. The maximum atomic E-state index is 12.4. The lowest BCUT2D eigenvalue weighted by molar-refractivity contribution is -0.122. The average molecular weight is 387 g/mol. The zero-order valence-electron chi connectivity index (χ0n) is 16.3. The van der Waals surface area contributed by atoms with Crippen molar-refractivity contribution in [3.05, 3.63) is 42.4 Å². The third-order valence-corrected chi connectivity index (χ3v) is 5.46. The first kappa shape index (κ1) is 17.5. The van der Waals surface area contributed by atoms with Crippen LogP contribution in [0.15, 0.2) is 36.8 Å². The minimum absolute atomic E-state index is 0.0360.